The summed E-state index contributed by atoms with van der Waals surface area (Å²) in [6.45, 7) is 4.86. The van der Waals surface area contributed by atoms with E-state index in [9.17, 15) is 13.2 Å². The van der Waals surface area contributed by atoms with E-state index in [4.69, 9.17) is 9.47 Å². The Morgan fingerprint density at radius 1 is 1.07 bits per heavy atom. The number of rotatable bonds is 6. The number of benzene rings is 1. The SMILES string of the molecule is COc1ccc(OC)c(S(=O)(=O)N2CCN(C(=O)CN3CCCC[C@H]3C)CC2)c1. The molecule has 2 saturated heterocycles. The number of likely N-dealkylation sites (tertiary alicyclic amines) is 1. The highest BCUT2D eigenvalue weighted by molar-refractivity contribution is 7.89. The van der Waals surface area contributed by atoms with E-state index in [0.717, 1.165) is 19.4 Å². The van der Waals surface area contributed by atoms with Gasteiger partial charge in [-0.1, -0.05) is 6.42 Å². The fourth-order valence-corrected chi connectivity index (χ4v) is 5.56. The first-order chi connectivity index (χ1) is 13.9. The summed E-state index contributed by atoms with van der Waals surface area (Å²) < 4.78 is 38.1. The van der Waals surface area contributed by atoms with Crippen molar-refractivity contribution >= 4 is 15.9 Å². The van der Waals surface area contributed by atoms with Gasteiger partial charge in [0.15, 0.2) is 0 Å². The molecule has 0 aliphatic carbocycles. The third-order valence-electron chi connectivity index (χ3n) is 5.86. The molecule has 0 radical (unpaired) electrons. The van der Waals surface area contributed by atoms with Gasteiger partial charge in [-0.2, -0.15) is 4.31 Å². The molecule has 29 heavy (non-hydrogen) atoms. The highest BCUT2D eigenvalue weighted by Crippen LogP contribution is 2.31. The van der Waals surface area contributed by atoms with E-state index < -0.39 is 10.0 Å². The second-order valence-electron chi connectivity index (χ2n) is 7.62. The lowest BCUT2D eigenvalue weighted by Crippen LogP contribution is -2.53. The quantitative estimate of drug-likeness (QED) is 0.686. The number of ether oxygens (including phenoxy) is 2. The number of nitrogens with zero attached hydrogens (tertiary/aromatic N) is 3. The summed E-state index contributed by atoms with van der Waals surface area (Å²) in [6.07, 6.45) is 3.48. The summed E-state index contributed by atoms with van der Waals surface area (Å²) in [5, 5.41) is 0. The number of hydrogen-bond acceptors (Lipinski definition) is 6. The molecule has 0 bridgehead atoms. The van der Waals surface area contributed by atoms with Crippen LogP contribution in [-0.2, 0) is 14.8 Å². The third-order valence-corrected chi connectivity index (χ3v) is 7.78. The Hall–Kier alpha value is -1.84. The van der Waals surface area contributed by atoms with Gasteiger partial charge in [-0.25, -0.2) is 8.42 Å². The summed E-state index contributed by atoms with van der Waals surface area (Å²) in [7, 11) is -0.807. The maximum atomic E-state index is 13.2. The molecule has 1 aromatic carbocycles. The molecular weight excluding hydrogens is 394 g/mol. The van der Waals surface area contributed by atoms with E-state index in [1.807, 2.05) is 0 Å². The van der Waals surface area contributed by atoms with Crippen molar-refractivity contribution in [1.29, 1.82) is 0 Å². The third kappa shape index (κ3) is 4.84. The predicted molar refractivity (Wildman–Crippen MR) is 110 cm³/mol. The first-order valence-corrected chi connectivity index (χ1v) is 11.5. The number of piperidine rings is 1. The van der Waals surface area contributed by atoms with Crippen molar-refractivity contribution in [2.75, 3.05) is 53.5 Å². The van der Waals surface area contributed by atoms with Gasteiger partial charge in [0, 0.05) is 38.3 Å². The molecule has 0 spiro atoms. The van der Waals surface area contributed by atoms with Crippen LogP contribution in [0.1, 0.15) is 26.2 Å². The van der Waals surface area contributed by atoms with Gasteiger partial charge in [-0.05, 0) is 38.4 Å². The van der Waals surface area contributed by atoms with Crippen molar-refractivity contribution in [3.8, 4) is 11.5 Å². The van der Waals surface area contributed by atoms with Crippen LogP contribution in [0.4, 0.5) is 0 Å². The number of carbonyl (C=O) groups excluding carboxylic acids is 1. The second kappa shape index (κ2) is 9.32. The molecule has 1 atom stereocenters. The van der Waals surface area contributed by atoms with Crippen LogP contribution in [0.25, 0.3) is 0 Å². The van der Waals surface area contributed by atoms with Gasteiger partial charge >= 0.3 is 0 Å². The molecule has 8 nitrogen and oxygen atoms in total. The Kier molecular flexibility index (Phi) is 7.02. The van der Waals surface area contributed by atoms with Crippen LogP contribution in [0.15, 0.2) is 23.1 Å². The lowest BCUT2D eigenvalue weighted by atomic mass is 10.0. The summed E-state index contributed by atoms with van der Waals surface area (Å²) in [4.78, 5) is 16.8. The zero-order chi connectivity index (χ0) is 21.0. The minimum atomic E-state index is -3.74. The Morgan fingerprint density at radius 3 is 2.41 bits per heavy atom. The normalized spacial score (nSPS) is 21.8. The Balaban J connectivity index is 1.64. The van der Waals surface area contributed by atoms with E-state index in [-0.39, 0.29) is 29.6 Å². The molecule has 2 heterocycles. The number of sulfonamides is 1. The molecule has 1 aromatic rings. The van der Waals surface area contributed by atoms with E-state index in [2.05, 4.69) is 11.8 Å². The number of hydrogen-bond donors (Lipinski definition) is 0. The lowest BCUT2D eigenvalue weighted by molar-refractivity contribution is -0.134. The molecule has 3 rings (SSSR count). The molecule has 0 saturated carbocycles. The summed E-state index contributed by atoms with van der Waals surface area (Å²) in [6, 6.07) is 5.15. The molecule has 2 fully saturated rings. The Labute approximate surface area is 173 Å². The fourth-order valence-electron chi connectivity index (χ4n) is 3.97. The number of methoxy groups -OCH3 is 2. The minimum Gasteiger partial charge on any atom is -0.497 e. The topological polar surface area (TPSA) is 79.4 Å². The van der Waals surface area contributed by atoms with Gasteiger partial charge < -0.3 is 14.4 Å². The van der Waals surface area contributed by atoms with Crippen molar-refractivity contribution in [3.05, 3.63) is 18.2 Å². The average molecular weight is 426 g/mol. The molecule has 2 aliphatic rings. The molecule has 0 aromatic heterocycles. The van der Waals surface area contributed by atoms with Crippen LogP contribution in [0.2, 0.25) is 0 Å². The second-order valence-corrected chi connectivity index (χ2v) is 9.52. The average Bonchev–Trinajstić information content (AvgIpc) is 2.74. The Morgan fingerprint density at radius 2 is 1.79 bits per heavy atom. The smallest absolute Gasteiger partial charge is 0.247 e. The highest BCUT2D eigenvalue weighted by atomic mass is 32.2. The monoisotopic (exact) mass is 425 g/mol. The van der Waals surface area contributed by atoms with Gasteiger partial charge in [0.1, 0.15) is 16.4 Å². The van der Waals surface area contributed by atoms with Crippen LogP contribution < -0.4 is 9.47 Å². The van der Waals surface area contributed by atoms with Crippen molar-refractivity contribution in [2.24, 2.45) is 0 Å². The molecular formula is C20H31N3O5S. The summed E-state index contributed by atoms with van der Waals surface area (Å²) in [5.41, 5.74) is 0. The van der Waals surface area contributed by atoms with Crippen LogP contribution >= 0.6 is 0 Å². The summed E-state index contributed by atoms with van der Waals surface area (Å²) >= 11 is 0. The zero-order valence-electron chi connectivity index (χ0n) is 17.5. The van der Waals surface area contributed by atoms with E-state index >= 15 is 0 Å². The largest absolute Gasteiger partial charge is 0.497 e. The zero-order valence-corrected chi connectivity index (χ0v) is 18.3. The molecule has 162 valence electrons. The molecule has 1 amide bonds. The maximum Gasteiger partial charge on any atom is 0.247 e. The maximum absolute atomic E-state index is 13.2. The predicted octanol–water partition coefficient (Wildman–Crippen LogP) is 1.41. The number of carbonyl (C=O) groups is 1. The van der Waals surface area contributed by atoms with E-state index in [1.54, 1.807) is 17.0 Å². The van der Waals surface area contributed by atoms with Crippen LogP contribution in [-0.4, -0.2) is 88.0 Å². The Bertz CT molecular complexity index is 821. The highest BCUT2D eigenvalue weighted by Gasteiger charge is 2.33. The molecule has 0 unspecified atom stereocenters. The van der Waals surface area contributed by atoms with Crippen molar-refractivity contribution < 1.29 is 22.7 Å². The van der Waals surface area contributed by atoms with Crippen LogP contribution in [0.3, 0.4) is 0 Å². The number of amides is 1. The number of piperazine rings is 1. The lowest BCUT2D eigenvalue weighted by Gasteiger charge is -2.37. The first-order valence-electron chi connectivity index (χ1n) is 10.1. The van der Waals surface area contributed by atoms with E-state index in [1.165, 1.54) is 31.0 Å². The van der Waals surface area contributed by atoms with Crippen molar-refractivity contribution in [2.45, 2.75) is 37.1 Å². The van der Waals surface area contributed by atoms with Gasteiger partial charge in [-0.3, -0.25) is 9.69 Å². The van der Waals surface area contributed by atoms with Gasteiger partial charge in [0.25, 0.3) is 0 Å². The van der Waals surface area contributed by atoms with Gasteiger partial charge in [0.2, 0.25) is 15.9 Å². The molecule has 0 N–H and O–H groups in total. The van der Waals surface area contributed by atoms with Crippen molar-refractivity contribution in [1.82, 2.24) is 14.1 Å². The van der Waals surface area contributed by atoms with Gasteiger partial charge in [0.05, 0.1) is 20.8 Å². The first kappa shape index (κ1) is 21.9. The molecule has 2 aliphatic heterocycles. The van der Waals surface area contributed by atoms with Gasteiger partial charge in [-0.15, -0.1) is 0 Å². The molecule has 9 heteroatoms. The summed E-state index contributed by atoms with van der Waals surface area (Å²) in [5.74, 6) is 0.812. The fraction of sp³-hybridized carbons (Fsp3) is 0.650. The van der Waals surface area contributed by atoms with Crippen LogP contribution in [0, 0.1) is 0 Å². The minimum absolute atomic E-state index is 0.0785. The standard InChI is InChI=1S/C20H31N3O5S/c1-16-6-4-5-9-22(16)15-20(24)21-10-12-23(13-11-21)29(25,26)19-14-17(27-2)7-8-18(19)28-3/h7-8,14,16H,4-6,9-13,15H2,1-3H3/t16-/m1/s1. The van der Waals surface area contributed by atoms with Crippen LogP contribution in [0.5, 0.6) is 11.5 Å². The van der Waals surface area contributed by atoms with E-state index in [0.29, 0.717) is 31.4 Å². The van der Waals surface area contributed by atoms with Crippen molar-refractivity contribution in [3.63, 3.8) is 0 Å².